The van der Waals surface area contributed by atoms with E-state index in [1.54, 1.807) is 24.3 Å². The van der Waals surface area contributed by atoms with Crippen LogP contribution in [0.25, 0.3) is 10.9 Å². The van der Waals surface area contributed by atoms with Crippen LogP contribution in [0.1, 0.15) is 36.6 Å². The third-order valence-corrected chi connectivity index (χ3v) is 8.49. The molecule has 190 valence electrons. The van der Waals surface area contributed by atoms with E-state index < -0.39 is 27.0 Å². The monoisotopic (exact) mass is 515 g/mol. The molecule has 1 aromatic heterocycles. The number of ketones is 1. The van der Waals surface area contributed by atoms with Crippen molar-refractivity contribution in [2.45, 2.75) is 43.6 Å². The molecule has 0 spiro atoms. The molecule has 1 aliphatic rings. The van der Waals surface area contributed by atoms with Crippen LogP contribution in [0.3, 0.4) is 0 Å². The molecule has 0 amide bonds. The van der Waals surface area contributed by atoms with E-state index in [4.69, 9.17) is 9.47 Å². The summed E-state index contributed by atoms with van der Waals surface area (Å²) in [6.07, 6.45) is 1.78. The van der Waals surface area contributed by atoms with E-state index in [9.17, 15) is 13.2 Å². The van der Waals surface area contributed by atoms with Crippen molar-refractivity contribution in [2.24, 2.45) is 0 Å². The third-order valence-electron chi connectivity index (χ3n) is 6.82. The zero-order valence-corrected chi connectivity index (χ0v) is 21.8. The maximum Gasteiger partial charge on any atom is 0.186 e. The molecule has 2 heterocycles. The number of carbonyl (C=O) groups is 1. The summed E-state index contributed by atoms with van der Waals surface area (Å²) in [5.41, 5.74) is 1.55. The normalized spacial score (nSPS) is 17.7. The van der Waals surface area contributed by atoms with Crippen molar-refractivity contribution in [3.05, 3.63) is 95.7 Å². The Balaban J connectivity index is 1.56. The van der Waals surface area contributed by atoms with Gasteiger partial charge in [0.05, 0.1) is 10.4 Å². The molecular weight excluding hydrogens is 486 g/mol. The summed E-state index contributed by atoms with van der Waals surface area (Å²) in [4.78, 5) is 18.5. The summed E-state index contributed by atoms with van der Waals surface area (Å²) in [5.74, 6) is -0.0601. The summed E-state index contributed by atoms with van der Waals surface area (Å²) >= 11 is 0. The molecule has 5 rings (SSSR count). The van der Waals surface area contributed by atoms with E-state index in [1.807, 2.05) is 62.4 Å². The highest BCUT2D eigenvalue weighted by atomic mass is 32.2. The second-order valence-electron chi connectivity index (χ2n) is 9.34. The highest BCUT2D eigenvalue weighted by Crippen LogP contribution is 2.44. The van der Waals surface area contributed by atoms with Gasteiger partial charge in [-0.15, -0.1) is 0 Å². The Morgan fingerprint density at radius 1 is 1.03 bits per heavy atom. The largest absolute Gasteiger partial charge is 0.457 e. The number of sulfone groups is 1. The van der Waals surface area contributed by atoms with Crippen LogP contribution >= 0.6 is 0 Å². The summed E-state index contributed by atoms with van der Waals surface area (Å²) in [6, 6.07) is 23.5. The molecule has 0 N–H and O–H groups in total. The first-order valence-electron chi connectivity index (χ1n) is 12.4. The quantitative estimate of drug-likeness (QED) is 0.289. The highest BCUT2D eigenvalue weighted by Gasteiger charge is 2.47. The number of para-hydroxylation sites is 1. The average Bonchev–Trinajstić information content (AvgIpc) is 3.40. The number of hydrogen-bond acceptors (Lipinski definition) is 6. The first-order chi connectivity index (χ1) is 17.8. The van der Waals surface area contributed by atoms with Crippen molar-refractivity contribution in [1.82, 2.24) is 4.98 Å². The summed E-state index contributed by atoms with van der Waals surface area (Å²) in [5, 5.41) is 0.503. The number of hydrogen-bond donors (Lipinski definition) is 0. The summed E-state index contributed by atoms with van der Waals surface area (Å²) < 4.78 is 39.6. The molecule has 1 saturated heterocycles. The van der Waals surface area contributed by atoms with Crippen molar-refractivity contribution in [2.75, 3.05) is 12.4 Å². The van der Waals surface area contributed by atoms with Gasteiger partial charge in [0.15, 0.2) is 21.2 Å². The van der Waals surface area contributed by atoms with E-state index in [2.05, 4.69) is 4.98 Å². The number of pyridine rings is 1. The molecule has 6 nitrogen and oxygen atoms in total. The molecule has 0 unspecified atom stereocenters. The van der Waals surface area contributed by atoms with Crippen LogP contribution in [0.15, 0.2) is 83.8 Å². The van der Waals surface area contributed by atoms with Crippen LogP contribution < -0.4 is 4.74 Å². The maximum absolute atomic E-state index is 14.0. The Morgan fingerprint density at radius 2 is 1.84 bits per heavy atom. The minimum absolute atomic E-state index is 0.0991. The van der Waals surface area contributed by atoms with Crippen LogP contribution in [0.2, 0.25) is 0 Å². The zero-order chi connectivity index (χ0) is 26.0. The predicted molar refractivity (Wildman–Crippen MR) is 143 cm³/mol. The Hall–Kier alpha value is -3.55. The molecule has 0 radical (unpaired) electrons. The topological polar surface area (TPSA) is 82.6 Å². The van der Waals surface area contributed by atoms with E-state index in [0.717, 1.165) is 17.7 Å². The highest BCUT2D eigenvalue weighted by molar-refractivity contribution is 7.92. The van der Waals surface area contributed by atoms with Crippen LogP contribution in [-0.4, -0.2) is 31.5 Å². The number of fused-ring (bicyclic) bond motifs is 1. The molecule has 4 aromatic rings. The van der Waals surface area contributed by atoms with Gasteiger partial charge in [-0.2, -0.15) is 0 Å². The molecule has 37 heavy (non-hydrogen) atoms. The lowest BCUT2D eigenvalue weighted by Gasteiger charge is -2.30. The minimum Gasteiger partial charge on any atom is -0.457 e. The third kappa shape index (κ3) is 4.89. The number of aromatic nitrogens is 1. The van der Waals surface area contributed by atoms with Gasteiger partial charge in [-0.3, -0.25) is 9.78 Å². The van der Waals surface area contributed by atoms with Crippen molar-refractivity contribution >= 4 is 26.5 Å². The molecule has 1 atom stereocenters. The van der Waals surface area contributed by atoms with Crippen LogP contribution in [0.4, 0.5) is 0 Å². The van der Waals surface area contributed by atoms with Gasteiger partial charge in [0.2, 0.25) is 0 Å². The van der Waals surface area contributed by atoms with Crippen molar-refractivity contribution < 1.29 is 22.7 Å². The number of aryl methyl sites for hydroxylation is 2. The maximum atomic E-state index is 14.0. The fourth-order valence-electron chi connectivity index (χ4n) is 4.91. The summed E-state index contributed by atoms with van der Waals surface area (Å²) in [6.45, 7) is 4.25. The first kappa shape index (κ1) is 25.1. The van der Waals surface area contributed by atoms with Crippen molar-refractivity contribution in [1.29, 1.82) is 0 Å². The van der Waals surface area contributed by atoms with Crippen LogP contribution in [0.5, 0.6) is 11.5 Å². The Labute approximate surface area is 217 Å². The van der Waals surface area contributed by atoms with Gasteiger partial charge in [0.25, 0.3) is 0 Å². The molecule has 3 aromatic carbocycles. The fraction of sp³-hybridized carbons (Fsp3) is 0.267. The number of rotatable bonds is 8. The first-order valence-corrected chi connectivity index (χ1v) is 14.1. The average molecular weight is 516 g/mol. The number of nitrogens with zero attached hydrogens (tertiary/aromatic N) is 1. The lowest BCUT2D eigenvalue weighted by Crippen LogP contribution is -2.39. The van der Waals surface area contributed by atoms with Gasteiger partial charge in [-0.05, 0) is 80.3 Å². The molecule has 1 aliphatic heterocycles. The molecule has 1 fully saturated rings. The van der Waals surface area contributed by atoms with E-state index in [-0.39, 0.29) is 4.90 Å². The lowest BCUT2D eigenvalue weighted by molar-refractivity contribution is -0.137. The smallest absolute Gasteiger partial charge is 0.186 e. The van der Waals surface area contributed by atoms with Gasteiger partial charge < -0.3 is 9.47 Å². The minimum atomic E-state index is -3.98. The lowest BCUT2D eigenvalue weighted by atomic mass is 9.85. The molecule has 0 saturated carbocycles. The van der Waals surface area contributed by atoms with Gasteiger partial charge in [0.1, 0.15) is 17.3 Å². The van der Waals surface area contributed by atoms with Gasteiger partial charge in [0, 0.05) is 23.3 Å². The number of benzene rings is 3. The Morgan fingerprint density at radius 3 is 2.57 bits per heavy atom. The number of carbonyl (C=O) groups excluding carboxylic acids is 1. The summed E-state index contributed by atoms with van der Waals surface area (Å²) in [7, 11) is -3.98. The van der Waals surface area contributed by atoms with Gasteiger partial charge in [-0.25, -0.2) is 8.42 Å². The second-order valence-corrected chi connectivity index (χ2v) is 11.3. The predicted octanol–water partition coefficient (Wildman–Crippen LogP) is 5.95. The van der Waals surface area contributed by atoms with E-state index in [1.165, 1.54) is 6.07 Å². The Bertz CT molecular complexity index is 1560. The van der Waals surface area contributed by atoms with Gasteiger partial charge in [-0.1, -0.05) is 37.3 Å². The zero-order valence-electron chi connectivity index (χ0n) is 20.9. The van der Waals surface area contributed by atoms with Crippen LogP contribution in [0, 0.1) is 6.92 Å². The standard InChI is InChI=1S/C30H29NO5S/c1-3-22-14-16-27(36-23-9-5-4-6-10-23)25(19-22)30(17-8-18-35-30)29(32)20-37(33,34)28-12-7-11-26-24(28)15-13-21(2)31-26/h4-7,9-16,19H,3,8,17-18,20H2,1-2H3/t30-/m1/s1. The SMILES string of the molecule is CCc1ccc(Oc2ccccc2)c([C@@]2(C(=O)CS(=O)(=O)c3cccc4nc(C)ccc34)CCCO2)c1. The fourth-order valence-corrected chi connectivity index (χ4v) is 6.43. The van der Waals surface area contributed by atoms with E-state index >= 15 is 0 Å². The second kappa shape index (κ2) is 10.1. The van der Waals surface area contributed by atoms with Gasteiger partial charge >= 0.3 is 0 Å². The van der Waals surface area contributed by atoms with Crippen molar-refractivity contribution in [3.63, 3.8) is 0 Å². The molecule has 0 bridgehead atoms. The number of ether oxygens (including phenoxy) is 2. The molecule has 0 aliphatic carbocycles. The Kier molecular flexibility index (Phi) is 6.84. The molecule has 7 heteroatoms. The number of Topliss-reactive ketones (excluding diaryl/α,β-unsaturated/α-hetero) is 1. The molecular formula is C30H29NO5S. The van der Waals surface area contributed by atoms with Crippen LogP contribution in [-0.2, 0) is 31.4 Å². The van der Waals surface area contributed by atoms with E-state index in [0.29, 0.717) is 47.4 Å². The van der Waals surface area contributed by atoms with Crippen molar-refractivity contribution in [3.8, 4) is 11.5 Å².